The first kappa shape index (κ1) is 15.1. The van der Waals surface area contributed by atoms with Gasteiger partial charge in [-0.05, 0) is 26.3 Å². The Morgan fingerprint density at radius 3 is 2.50 bits per heavy atom. The fourth-order valence-corrected chi connectivity index (χ4v) is 1.24. The number of hydrogen-bond acceptors (Lipinski definition) is 3. The van der Waals surface area contributed by atoms with Crippen molar-refractivity contribution < 1.29 is 14.9 Å². The molecule has 0 amide bonds. The third-order valence-corrected chi connectivity index (χ3v) is 1.94. The molecule has 0 fully saturated rings. The molecule has 0 rings (SSSR count). The van der Waals surface area contributed by atoms with Crippen LogP contribution < -0.4 is 0 Å². The number of hydrogen-bond donors (Lipinski definition) is 2. The van der Waals surface area contributed by atoms with Gasteiger partial charge in [-0.1, -0.05) is 30.9 Å². The number of aliphatic hydroxyl groups excluding tert-OH is 1. The van der Waals surface area contributed by atoms with Crippen molar-refractivity contribution >= 4 is 0 Å². The average molecular weight is 226 g/mol. The van der Waals surface area contributed by atoms with Crippen LogP contribution in [0.25, 0.3) is 0 Å². The van der Waals surface area contributed by atoms with E-state index >= 15 is 0 Å². The molecule has 0 aromatic rings. The van der Waals surface area contributed by atoms with Crippen molar-refractivity contribution in [2.45, 2.75) is 39.1 Å². The zero-order valence-corrected chi connectivity index (χ0v) is 10.3. The maximum absolute atomic E-state index is 9.57. The molecular weight excluding hydrogens is 204 g/mol. The first-order valence-corrected chi connectivity index (χ1v) is 5.37. The minimum absolute atomic E-state index is 0.0249. The minimum atomic E-state index is -1.20. The summed E-state index contributed by atoms with van der Waals surface area (Å²) in [6.07, 6.45) is 7.41. The van der Waals surface area contributed by atoms with Gasteiger partial charge in [0.05, 0.1) is 6.10 Å². The van der Waals surface area contributed by atoms with E-state index < -0.39 is 5.79 Å². The number of rotatable bonds is 7. The highest BCUT2D eigenvalue weighted by Crippen LogP contribution is 2.17. The van der Waals surface area contributed by atoms with Crippen molar-refractivity contribution in [2.75, 3.05) is 6.61 Å². The molecule has 1 unspecified atom stereocenters. The van der Waals surface area contributed by atoms with Crippen LogP contribution in [0, 0.1) is 0 Å². The van der Waals surface area contributed by atoms with Gasteiger partial charge in [0.15, 0.2) is 5.79 Å². The summed E-state index contributed by atoms with van der Waals surface area (Å²) in [6.45, 7) is 8.65. The maximum atomic E-state index is 9.57. The largest absolute Gasteiger partial charge is 0.396 e. The second-order valence-electron chi connectivity index (χ2n) is 4.10. The van der Waals surface area contributed by atoms with E-state index in [0.717, 1.165) is 5.57 Å². The van der Waals surface area contributed by atoms with Gasteiger partial charge in [0.25, 0.3) is 0 Å². The van der Waals surface area contributed by atoms with E-state index in [4.69, 9.17) is 9.84 Å². The molecule has 0 saturated heterocycles. The van der Waals surface area contributed by atoms with Crippen molar-refractivity contribution in [3.8, 4) is 0 Å². The number of aliphatic hydroxyl groups is 2. The zero-order chi connectivity index (χ0) is 12.6. The standard InChI is InChI=1S/C13H22O3/c1-5-6-7-8-11(2)12(9-10-14)16-13(3,4)15/h5-8,12,14-15H,1,9-10H2,2-4H3/b7-6-,11-8+. The van der Waals surface area contributed by atoms with Crippen LogP contribution in [0.1, 0.15) is 27.2 Å². The van der Waals surface area contributed by atoms with E-state index in [-0.39, 0.29) is 12.7 Å². The molecule has 0 spiro atoms. The zero-order valence-electron chi connectivity index (χ0n) is 10.3. The van der Waals surface area contributed by atoms with Crippen molar-refractivity contribution in [3.63, 3.8) is 0 Å². The van der Waals surface area contributed by atoms with Crippen molar-refractivity contribution in [3.05, 3.63) is 36.5 Å². The minimum Gasteiger partial charge on any atom is -0.396 e. The summed E-state index contributed by atoms with van der Waals surface area (Å²) in [7, 11) is 0. The quantitative estimate of drug-likeness (QED) is 0.516. The van der Waals surface area contributed by atoms with Crippen LogP contribution in [0.2, 0.25) is 0 Å². The lowest BCUT2D eigenvalue weighted by molar-refractivity contribution is -0.199. The van der Waals surface area contributed by atoms with Crippen LogP contribution in [0.15, 0.2) is 36.5 Å². The van der Waals surface area contributed by atoms with E-state index in [1.807, 2.05) is 25.2 Å². The molecule has 16 heavy (non-hydrogen) atoms. The normalized spacial score (nSPS) is 15.4. The summed E-state index contributed by atoms with van der Waals surface area (Å²) >= 11 is 0. The topological polar surface area (TPSA) is 49.7 Å². The van der Waals surface area contributed by atoms with Gasteiger partial charge in [-0.3, -0.25) is 0 Å². The predicted molar refractivity (Wildman–Crippen MR) is 66.0 cm³/mol. The Kier molecular flexibility index (Phi) is 6.97. The third kappa shape index (κ3) is 7.40. The fourth-order valence-electron chi connectivity index (χ4n) is 1.24. The van der Waals surface area contributed by atoms with Gasteiger partial charge < -0.3 is 14.9 Å². The lowest BCUT2D eigenvalue weighted by Crippen LogP contribution is -2.31. The highest BCUT2D eigenvalue weighted by atomic mass is 16.6. The second kappa shape index (κ2) is 7.39. The fraction of sp³-hybridized carbons (Fsp3) is 0.538. The Morgan fingerprint density at radius 2 is 2.06 bits per heavy atom. The molecule has 1 atom stereocenters. The molecular formula is C13H22O3. The highest BCUT2D eigenvalue weighted by molar-refractivity contribution is 5.17. The maximum Gasteiger partial charge on any atom is 0.160 e. The van der Waals surface area contributed by atoms with E-state index in [2.05, 4.69) is 6.58 Å². The Morgan fingerprint density at radius 1 is 1.44 bits per heavy atom. The Balaban J connectivity index is 4.57. The van der Waals surface area contributed by atoms with Crippen LogP contribution in [-0.4, -0.2) is 28.7 Å². The second-order valence-corrected chi connectivity index (χ2v) is 4.10. The molecule has 3 nitrogen and oxygen atoms in total. The molecule has 92 valence electrons. The molecule has 0 aliphatic heterocycles. The van der Waals surface area contributed by atoms with Gasteiger partial charge in [-0.2, -0.15) is 0 Å². The van der Waals surface area contributed by atoms with Crippen molar-refractivity contribution in [1.82, 2.24) is 0 Å². The molecule has 0 aliphatic carbocycles. The molecule has 0 aliphatic rings. The summed E-state index contributed by atoms with van der Waals surface area (Å²) in [5.74, 6) is -1.20. The van der Waals surface area contributed by atoms with E-state index in [9.17, 15) is 5.11 Å². The monoisotopic (exact) mass is 226 g/mol. The molecule has 0 heterocycles. The van der Waals surface area contributed by atoms with Crippen LogP contribution in [0.4, 0.5) is 0 Å². The first-order chi connectivity index (χ1) is 7.40. The Labute approximate surface area is 97.8 Å². The van der Waals surface area contributed by atoms with Crippen LogP contribution in [0.5, 0.6) is 0 Å². The van der Waals surface area contributed by atoms with E-state index in [1.165, 1.54) is 0 Å². The SMILES string of the molecule is C=C/C=C\C=C(/C)C(CCO)OC(C)(C)O. The molecule has 0 radical (unpaired) electrons. The average Bonchev–Trinajstić information content (AvgIpc) is 2.15. The molecule has 0 aromatic heterocycles. The molecule has 0 aromatic carbocycles. The summed E-state index contributed by atoms with van der Waals surface area (Å²) in [4.78, 5) is 0. The van der Waals surface area contributed by atoms with Gasteiger partial charge in [0, 0.05) is 13.0 Å². The van der Waals surface area contributed by atoms with Crippen LogP contribution >= 0.6 is 0 Å². The Hall–Kier alpha value is -0.900. The van der Waals surface area contributed by atoms with Crippen LogP contribution in [0.3, 0.4) is 0 Å². The lowest BCUT2D eigenvalue weighted by atomic mass is 10.1. The Bertz CT molecular complexity index is 259. The van der Waals surface area contributed by atoms with Gasteiger partial charge in [-0.15, -0.1) is 0 Å². The molecule has 3 heteroatoms. The predicted octanol–water partition coefficient (Wildman–Crippen LogP) is 2.17. The van der Waals surface area contributed by atoms with E-state index in [0.29, 0.717) is 6.42 Å². The van der Waals surface area contributed by atoms with Crippen molar-refractivity contribution in [1.29, 1.82) is 0 Å². The summed E-state index contributed by atoms with van der Waals surface area (Å²) in [5, 5.41) is 18.5. The molecule has 2 N–H and O–H groups in total. The number of ether oxygens (including phenoxy) is 1. The summed E-state index contributed by atoms with van der Waals surface area (Å²) in [5.41, 5.74) is 0.953. The van der Waals surface area contributed by atoms with Gasteiger partial charge in [-0.25, -0.2) is 0 Å². The number of allylic oxidation sites excluding steroid dienone is 4. The summed E-state index contributed by atoms with van der Waals surface area (Å²) in [6, 6.07) is 0. The van der Waals surface area contributed by atoms with Crippen LogP contribution in [-0.2, 0) is 4.74 Å². The first-order valence-electron chi connectivity index (χ1n) is 5.37. The third-order valence-electron chi connectivity index (χ3n) is 1.94. The van der Waals surface area contributed by atoms with Gasteiger partial charge >= 0.3 is 0 Å². The lowest BCUT2D eigenvalue weighted by Gasteiger charge is -2.26. The summed E-state index contributed by atoms with van der Waals surface area (Å²) < 4.78 is 5.44. The van der Waals surface area contributed by atoms with E-state index in [1.54, 1.807) is 19.9 Å². The highest BCUT2D eigenvalue weighted by Gasteiger charge is 2.20. The smallest absolute Gasteiger partial charge is 0.160 e. The van der Waals surface area contributed by atoms with Gasteiger partial charge in [0.2, 0.25) is 0 Å². The molecule has 0 saturated carbocycles. The molecule has 0 bridgehead atoms. The van der Waals surface area contributed by atoms with Crippen molar-refractivity contribution in [2.24, 2.45) is 0 Å². The van der Waals surface area contributed by atoms with Gasteiger partial charge in [0.1, 0.15) is 0 Å².